The van der Waals surface area contributed by atoms with Crippen molar-refractivity contribution in [2.45, 2.75) is 12.8 Å². The topological polar surface area (TPSA) is 96.5 Å². The van der Waals surface area contributed by atoms with Gasteiger partial charge in [-0.1, -0.05) is 64.5 Å². The summed E-state index contributed by atoms with van der Waals surface area (Å²) in [6, 6.07) is 11.2. The third-order valence-electron chi connectivity index (χ3n) is 6.34. The van der Waals surface area contributed by atoms with Gasteiger partial charge in [0.2, 0.25) is 0 Å². The predicted octanol–water partition coefficient (Wildman–Crippen LogP) is 4.72. The average Bonchev–Trinajstić information content (AvgIpc) is 3.54. The summed E-state index contributed by atoms with van der Waals surface area (Å²) in [5.74, 6) is 1.20. The first-order valence-electron chi connectivity index (χ1n) is 12.5. The van der Waals surface area contributed by atoms with Crippen LogP contribution >= 0.6 is 47.2 Å². The highest BCUT2D eigenvalue weighted by Gasteiger charge is 2.31. The van der Waals surface area contributed by atoms with Gasteiger partial charge in [0.15, 0.2) is 5.82 Å². The second kappa shape index (κ2) is 13.2. The number of benzene rings is 2. The minimum Gasteiger partial charge on any atom is -0.492 e. The molecule has 2 saturated heterocycles. The van der Waals surface area contributed by atoms with E-state index in [4.69, 9.17) is 44.9 Å². The number of thiocarbonyl (C=S) groups is 1. The number of nitrogens with zero attached hydrogens (tertiary/aromatic N) is 5. The maximum Gasteiger partial charge on any atom is 0.266 e. The summed E-state index contributed by atoms with van der Waals surface area (Å²) >= 11 is 19.5. The molecule has 2 fully saturated rings. The van der Waals surface area contributed by atoms with Gasteiger partial charge in [-0.15, -0.1) is 10.2 Å². The van der Waals surface area contributed by atoms with Crippen LogP contribution in [0.1, 0.15) is 17.8 Å². The lowest BCUT2D eigenvalue weighted by Gasteiger charge is -2.26. The van der Waals surface area contributed by atoms with E-state index in [9.17, 15) is 4.79 Å². The van der Waals surface area contributed by atoms with Gasteiger partial charge in [0, 0.05) is 48.7 Å². The molecule has 1 aromatic heterocycles. The first kappa shape index (κ1) is 28.0. The number of ether oxygens (including phenoxy) is 2. The summed E-state index contributed by atoms with van der Waals surface area (Å²) in [5, 5.41) is 15.0. The Balaban J connectivity index is 1.33. The normalized spacial score (nSPS) is 17.4. The summed E-state index contributed by atoms with van der Waals surface area (Å²) in [4.78, 5) is 17.6. The van der Waals surface area contributed by atoms with E-state index < -0.39 is 0 Å². The van der Waals surface area contributed by atoms with Crippen LogP contribution in [0, 0.1) is 0 Å². The third kappa shape index (κ3) is 7.16. The van der Waals surface area contributed by atoms with Crippen LogP contribution in [0.2, 0.25) is 10.0 Å². The van der Waals surface area contributed by atoms with Crippen LogP contribution in [0.4, 0.5) is 0 Å². The van der Waals surface area contributed by atoms with Crippen molar-refractivity contribution in [1.82, 2.24) is 30.4 Å². The van der Waals surface area contributed by atoms with E-state index in [2.05, 4.69) is 25.5 Å². The third-order valence-corrected chi connectivity index (χ3v) is 8.26. The number of H-pyrrole nitrogens is 1. The number of hydrogen-bond acceptors (Lipinski definition) is 9. The number of morpholine rings is 1. The van der Waals surface area contributed by atoms with Crippen LogP contribution in [0.3, 0.4) is 0 Å². The Morgan fingerprint density at radius 3 is 2.74 bits per heavy atom. The number of carbonyl (C=O) groups excluding carboxylic acids is 1. The largest absolute Gasteiger partial charge is 0.492 e. The van der Waals surface area contributed by atoms with Gasteiger partial charge in [-0.2, -0.15) is 5.21 Å². The smallest absolute Gasteiger partial charge is 0.266 e. The Kier molecular flexibility index (Phi) is 9.49. The molecule has 9 nitrogen and oxygen atoms in total. The van der Waals surface area contributed by atoms with Crippen LogP contribution in [0.25, 0.3) is 17.2 Å². The summed E-state index contributed by atoms with van der Waals surface area (Å²) in [7, 11) is 0. The number of aromatic amines is 1. The lowest BCUT2D eigenvalue weighted by Crippen LogP contribution is -2.38. The Morgan fingerprint density at radius 2 is 1.97 bits per heavy atom. The summed E-state index contributed by atoms with van der Waals surface area (Å²) in [6.45, 7) is 5.09. The van der Waals surface area contributed by atoms with E-state index in [0.717, 1.165) is 49.5 Å². The van der Waals surface area contributed by atoms with Crippen molar-refractivity contribution in [3.63, 3.8) is 0 Å². The Morgan fingerprint density at radius 1 is 1.13 bits per heavy atom. The van der Waals surface area contributed by atoms with Crippen LogP contribution in [-0.4, -0.2) is 86.7 Å². The molecule has 3 aromatic rings. The number of hydrogen-bond donors (Lipinski definition) is 1. The van der Waals surface area contributed by atoms with Crippen molar-refractivity contribution in [2.24, 2.45) is 0 Å². The average molecular weight is 606 g/mol. The maximum atomic E-state index is 13.1. The number of aryl methyl sites for hydroxylation is 1. The molecular formula is C26H26Cl2N6O3S2. The second-order valence-electron chi connectivity index (χ2n) is 8.95. The van der Waals surface area contributed by atoms with Crippen molar-refractivity contribution >= 4 is 63.5 Å². The molecule has 0 aliphatic carbocycles. The summed E-state index contributed by atoms with van der Waals surface area (Å²) in [5.41, 5.74) is 2.46. The first-order chi connectivity index (χ1) is 19.0. The van der Waals surface area contributed by atoms with E-state index in [-0.39, 0.29) is 5.91 Å². The van der Waals surface area contributed by atoms with Crippen LogP contribution in [-0.2, 0) is 16.0 Å². The lowest BCUT2D eigenvalue weighted by molar-refractivity contribution is -0.122. The molecule has 0 bridgehead atoms. The minimum atomic E-state index is -0.116. The first-order valence-corrected chi connectivity index (χ1v) is 14.5. The molecule has 0 spiro atoms. The number of nitrogens with one attached hydrogen (secondary N) is 1. The van der Waals surface area contributed by atoms with Gasteiger partial charge in [-0.25, -0.2) is 0 Å². The number of rotatable bonds is 10. The highest BCUT2D eigenvalue weighted by Crippen LogP contribution is 2.39. The van der Waals surface area contributed by atoms with E-state index in [1.54, 1.807) is 17.0 Å². The predicted molar refractivity (Wildman–Crippen MR) is 157 cm³/mol. The highest BCUT2D eigenvalue weighted by molar-refractivity contribution is 8.26. The van der Waals surface area contributed by atoms with Crippen molar-refractivity contribution in [2.75, 3.05) is 46.0 Å². The molecule has 2 aliphatic heterocycles. The van der Waals surface area contributed by atoms with Crippen LogP contribution in [0.15, 0.2) is 41.3 Å². The SMILES string of the molecule is O=C1C(=Cc2ccc(OCCN3CCOCC3)c(-c3ccc(Cl)cc3Cl)c2)SC(=S)N1CCCc1nn[nH]n1. The fourth-order valence-electron chi connectivity index (χ4n) is 4.32. The zero-order valence-corrected chi connectivity index (χ0v) is 24.1. The molecule has 2 aliphatic rings. The molecule has 0 radical (unpaired) electrons. The van der Waals surface area contributed by atoms with Gasteiger partial charge >= 0.3 is 0 Å². The van der Waals surface area contributed by atoms with Gasteiger partial charge in [0.25, 0.3) is 5.91 Å². The molecule has 204 valence electrons. The molecule has 0 atom stereocenters. The Hall–Kier alpha value is -2.54. The molecule has 0 unspecified atom stereocenters. The monoisotopic (exact) mass is 604 g/mol. The van der Waals surface area contributed by atoms with Crippen molar-refractivity contribution in [3.8, 4) is 16.9 Å². The van der Waals surface area contributed by atoms with Gasteiger partial charge in [0.1, 0.15) is 16.7 Å². The molecule has 1 amide bonds. The number of carbonyl (C=O) groups is 1. The van der Waals surface area contributed by atoms with E-state index >= 15 is 0 Å². The summed E-state index contributed by atoms with van der Waals surface area (Å²) in [6.07, 6.45) is 3.13. The van der Waals surface area contributed by atoms with E-state index in [0.29, 0.717) is 56.8 Å². The fraction of sp³-hybridized carbons (Fsp3) is 0.346. The Bertz CT molecular complexity index is 1370. The maximum absolute atomic E-state index is 13.1. The van der Waals surface area contributed by atoms with Crippen molar-refractivity contribution in [1.29, 1.82) is 0 Å². The fourth-order valence-corrected chi connectivity index (χ4v) is 6.14. The number of tetrazole rings is 1. The summed E-state index contributed by atoms with van der Waals surface area (Å²) < 4.78 is 12.2. The highest BCUT2D eigenvalue weighted by atomic mass is 35.5. The molecule has 39 heavy (non-hydrogen) atoms. The van der Waals surface area contributed by atoms with Crippen molar-refractivity contribution < 1.29 is 14.3 Å². The van der Waals surface area contributed by atoms with Crippen molar-refractivity contribution in [3.05, 3.63) is 62.7 Å². The minimum absolute atomic E-state index is 0.116. The van der Waals surface area contributed by atoms with E-state index in [1.165, 1.54) is 11.8 Å². The lowest BCUT2D eigenvalue weighted by atomic mass is 10.0. The molecule has 13 heteroatoms. The zero-order valence-electron chi connectivity index (χ0n) is 20.9. The quantitative estimate of drug-likeness (QED) is 0.260. The molecule has 2 aromatic carbocycles. The van der Waals surface area contributed by atoms with Gasteiger partial charge in [-0.05, 0) is 42.3 Å². The van der Waals surface area contributed by atoms with Crippen LogP contribution < -0.4 is 4.74 Å². The Labute approximate surface area is 245 Å². The second-order valence-corrected chi connectivity index (χ2v) is 11.5. The molecule has 5 rings (SSSR count). The number of thioether (sulfide) groups is 1. The molecular weight excluding hydrogens is 579 g/mol. The molecule has 0 saturated carbocycles. The van der Waals surface area contributed by atoms with Crippen LogP contribution in [0.5, 0.6) is 5.75 Å². The number of amides is 1. The molecule has 1 N–H and O–H groups in total. The van der Waals surface area contributed by atoms with Gasteiger partial charge in [0.05, 0.1) is 23.1 Å². The van der Waals surface area contributed by atoms with E-state index in [1.807, 2.05) is 30.3 Å². The standard InChI is InChI=1S/C26H26Cl2N6O3S2/c27-18-4-5-19(21(28)16-18)20-14-17(3-6-22(20)37-13-10-33-8-11-36-12-9-33)15-23-25(35)34(26(38)39-23)7-1-2-24-29-31-32-30-24/h3-6,14-16H,1-2,7-13H2,(H,29,30,31,32). The number of halogens is 2. The number of aromatic nitrogens is 4. The molecule has 3 heterocycles. The van der Waals surface area contributed by atoms with Gasteiger partial charge < -0.3 is 9.47 Å². The zero-order chi connectivity index (χ0) is 27.2. The van der Waals surface area contributed by atoms with Gasteiger partial charge in [-0.3, -0.25) is 14.6 Å².